The third-order valence-corrected chi connectivity index (χ3v) is 4.65. The molecule has 2 aromatic heterocycles. The van der Waals surface area contributed by atoms with Crippen molar-refractivity contribution in [3.63, 3.8) is 0 Å². The van der Waals surface area contributed by atoms with Gasteiger partial charge in [0.25, 0.3) is 0 Å². The van der Waals surface area contributed by atoms with Gasteiger partial charge in [-0.25, -0.2) is 4.98 Å². The largest absolute Gasteiger partial charge is 0.370 e. The molecule has 1 unspecified atom stereocenters. The summed E-state index contributed by atoms with van der Waals surface area (Å²) in [6.45, 7) is 3.99. The Hall–Kier alpha value is -1.54. The van der Waals surface area contributed by atoms with Gasteiger partial charge in [0.1, 0.15) is 16.9 Å². The Morgan fingerprint density at radius 3 is 2.85 bits per heavy atom. The summed E-state index contributed by atoms with van der Waals surface area (Å²) in [7, 11) is 0. The molecule has 0 bridgehead atoms. The van der Waals surface area contributed by atoms with Gasteiger partial charge in [-0.3, -0.25) is 15.1 Å². The molecule has 8 heteroatoms. The maximum Gasteiger partial charge on any atom is 0.311 e. The predicted octanol–water partition coefficient (Wildman–Crippen LogP) is 3.94. The maximum atomic E-state index is 11.0. The van der Waals surface area contributed by atoms with Gasteiger partial charge < -0.3 is 5.32 Å². The highest BCUT2D eigenvalue weighted by Gasteiger charge is 2.20. The third kappa shape index (κ3) is 3.13. The molecule has 0 radical (unpaired) electrons. The number of nitro groups is 1. The van der Waals surface area contributed by atoms with Gasteiger partial charge in [-0.15, -0.1) is 11.3 Å². The molecule has 0 saturated heterocycles. The summed E-state index contributed by atoms with van der Waals surface area (Å²) in [6, 6.07) is -0.113. The number of nitrogens with one attached hydrogen (secondary N) is 1. The molecule has 0 saturated carbocycles. The molecule has 106 valence electrons. The van der Waals surface area contributed by atoms with E-state index in [1.165, 1.54) is 17.3 Å². The summed E-state index contributed by atoms with van der Waals surface area (Å²) in [5, 5.41) is 15.1. The number of rotatable bonds is 5. The van der Waals surface area contributed by atoms with Gasteiger partial charge in [-0.2, -0.15) is 0 Å². The maximum absolute atomic E-state index is 11.0. The van der Waals surface area contributed by atoms with Crippen molar-refractivity contribution in [3.05, 3.63) is 43.1 Å². The van der Waals surface area contributed by atoms with Crippen LogP contribution in [0.3, 0.4) is 0 Å². The zero-order valence-electron chi connectivity index (χ0n) is 11.0. The lowest BCUT2D eigenvalue weighted by molar-refractivity contribution is -0.384. The summed E-state index contributed by atoms with van der Waals surface area (Å²) in [5.41, 5.74) is 0.365. The van der Waals surface area contributed by atoms with Crippen molar-refractivity contribution in [2.75, 3.05) is 5.32 Å². The zero-order chi connectivity index (χ0) is 14.7. The molecule has 0 fully saturated rings. The Morgan fingerprint density at radius 2 is 2.25 bits per heavy atom. The average molecular weight is 357 g/mol. The molecule has 1 atom stereocenters. The summed E-state index contributed by atoms with van der Waals surface area (Å²) in [4.78, 5) is 19.9. The van der Waals surface area contributed by atoms with E-state index in [1.807, 2.05) is 13.1 Å². The van der Waals surface area contributed by atoms with Crippen LogP contribution in [-0.4, -0.2) is 14.9 Å². The van der Waals surface area contributed by atoms with E-state index in [0.717, 1.165) is 11.4 Å². The fraction of sp³-hybridized carbons (Fsp3) is 0.333. The SMILES string of the molecule is CCc1cnc(C(C)Nc2c(Br)cncc2[N+](=O)[O-])s1. The van der Waals surface area contributed by atoms with Crippen LogP contribution in [0.5, 0.6) is 0 Å². The van der Waals surface area contributed by atoms with Gasteiger partial charge in [0.05, 0.1) is 15.4 Å². The minimum atomic E-state index is -0.452. The highest BCUT2D eigenvalue weighted by atomic mass is 79.9. The second kappa shape index (κ2) is 6.27. The number of pyridine rings is 1. The first-order valence-electron chi connectivity index (χ1n) is 6.02. The smallest absolute Gasteiger partial charge is 0.311 e. The number of aryl methyl sites for hydroxylation is 1. The lowest BCUT2D eigenvalue weighted by atomic mass is 10.3. The molecule has 0 aliphatic heterocycles. The Bertz CT molecular complexity index is 632. The van der Waals surface area contributed by atoms with E-state index in [2.05, 4.69) is 38.1 Å². The summed E-state index contributed by atoms with van der Waals surface area (Å²) in [6.07, 6.45) is 5.54. The van der Waals surface area contributed by atoms with E-state index in [4.69, 9.17) is 0 Å². The fourth-order valence-corrected chi connectivity index (χ4v) is 2.97. The minimum Gasteiger partial charge on any atom is -0.370 e. The molecular formula is C12H13BrN4O2S. The number of aromatic nitrogens is 2. The molecule has 2 aromatic rings. The van der Waals surface area contributed by atoms with E-state index in [0.29, 0.717) is 10.2 Å². The average Bonchev–Trinajstić information content (AvgIpc) is 2.89. The molecule has 2 heterocycles. The van der Waals surface area contributed by atoms with Crippen LogP contribution in [0, 0.1) is 10.1 Å². The van der Waals surface area contributed by atoms with Crippen LogP contribution in [0.1, 0.15) is 29.8 Å². The Labute approximate surface area is 128 Å². The van der Waals surface area contributed by atoms with Gasteiger partial charge in [-0.05, 0) is 29.3 Å². The first kappa shape index (κ1) is 14.9. The van der Waals surface area contributed by atoms with Crippen LogP contribution in [-0.2, 0) is 6.42 Å². The van der Waals surface area contributed by atoms with Crippen LogP contribution in [0.25, 0.3) is 0 Å². The van der Waals surface area contributed by atoms with E-state index in [-0.39, 0.29) is 11.7 Å². The number of thiazole rings is 1. The molecule has 0 aromatic carbocycles. The highest BCUT2D eigenvalue weighted by molar-refractivity contribution is 9.10. The number of anilines is 1. The number of halogens is 1. The van der Waals surface area contributed by atoms with Crippen molar-refractivity contribution in [3.8, 4) is 0 Å². The van der Waals surface area contributed by atoms with Crippen LogP contribution >= 0.6 is 27.3 Å². The molecule has 0 spiro atoms. The molecule has 0 aliphatic rings. The lowest BCUT2D eigenvalue weighted by Crippen LogP contribution is -2.09. The van der Waals surface area contributed by atoms with Gasteiger partial charge >= 0.3 is 5.69 Å². The first-order valence-corrected chi connectivity index (χ1v) is 7.63. The van der Waals surface area contributed by atoms with E-state index in [9.17, 15) is 10.1 Å². The lowest BCUT2D eigenvalue weighted by Gasteiger charge is -2.13. The van der Waals surface area contributed by atoms with Gasteiger partial charge in [0.15, 0.2) is 0 Å². The van der Waals surface area contributed by atoms with E-state index < -0.39 is 4.92 Å². The van der Waals surface area contributed by atoms with Crippen LogP contribution < -0.4 is 5.32 Å². The van der Waals surface area contributed by atoms with Gasteiger partial charge in [-0.1, -0.05) is 6.92 Å². The summed E-state index contributed by atoms with van der Waals surface area (Å²) < 4.78 is 0.561. The second-order valence-electron chi connectivity index (χ2n) is 4.16. The van der Waals surface area contributed by atoms with Crippen molar-refractivity contribution >= 4 is 38.6 Å². The Kier molecular flexibility index (Phi) is 4.66. The fourth-order valence-electron chi connectivity index (χ4n) is 1.67. The van der Waals surface area contributed by atoms with Crippen molar-refractivity contribution < 1.29 is 4.92 Å². The molecule has 0 amide bonds. The topological polar surface area (TPSA) is 81.0 Å². The quantitative estimate of drug-likeness (QED) is 0.647. The molecule has 1 N–H and O–H groups in total. The monoisotopic (exact) mass is 356 g/mol. The van der Waals surface area contributed by atoms with Gasteiger partial charge in [0, 0.05) is 17.3 Å². The normalized spacial score (nSPS) is 12.2. The number of hydrogen-bond donors (Lipinski definition) is 1. The predicted molar refractivity (Wildman–Crippen MR) is 82.1 cm³/mol. The standard InChI is InChI=1S/C12H13BrN4O2S/c1-3-8-4-15-12(20-8)7(2)16-11-9(13)5-14-6-10(11)17(18)19/h4-7H,3H2,1-2H3,(H,14,16). The van der Waals surface area contributed by atoms with Gasteiger partial charge in [0.2, 0.25) is 0 Å². The molecule has 20 heavy (non-hydrogen) atoms. The van der Waals surface area contributed by atoms with Crippen molar-refractivity contribution in [2.45, 2.75) is 26.3 Å². The molecule has 6 nitrogen and oxygen atoms in total. The van der Waals surface area contributed by atoms with E-state index >= 15 is 0 Å². The molecule has 0 aliphatic carbocycles. The van der Waals surface area contributed by atoms with E-state index in [1.54, 1.807) is 11.3 Å². The zero-order valence-corrected chi connectivity index (χ0v) is 13.4. The summed E-state index contributed by atoms with van der Waals surface area (Å²) >= 11 is 4.89. The first-order chi connectivity index (χ1) is 9.52. The van der Waals surface area contributed by atoms with Crippen molar-refractivity contribution in [1.29, 1.82) is 0 Å². The van der Waals surface area contributed by atoms with Crippen LogP contribution in [0.4, 0.5) is 11.4 Å². The summed E-state index contributed by atoms with van der Waals surface area (Å²) in [5.74, 6) is 0. The van der Waals surface area contributed by atoms with Crippen LogP contribution in [0.2, 0.25) is 0 Å². The van der Waals surface area contributed by atoms with Crippen LogP contribution in [0.15, 0.2) is 23.1 Å². The minimum absolute atomic E-state index is 0.0569. The third-order valence-electron chi connectivity index (χ3n) is 2.73. The highest BCUT2D eigenvalue weighted by Crippen LogP contribution is 2.34. The van der Waals surface area contributed by atoms with Crippen molar-refractivity contribution in [1.82, 2.24) is 9.97 Å². The second-order valence-corrected chi connectivity index (χ2v) is 6.16. The number of hydrogen-bond acceptors (Lipinski definition) is 6. The molecular weight excluding hydrogens is 344 g/mol. The molecule has 2 rings (SSSR count). The number of nitrogens with zero attached hydrogens (tertiary/aromatic N) is 3. The van der Waals surface area contributed by atoms with Crippen molar-refractivity contribution in [2.24, 2.45) is 0 Å². The Morgan fingerprint density at radius 1 is 1.50 bits per heavy atom. The Balaban J connectivity index is 2.27.